The van der Waals surface area contributed by atoms with Gasteiger partial charge in [0.25, 0.3) is 0 Å². The fraction of sp³-hybridized carbons (Fsp3) is 0.500. The van der Waals surface area contributed by atoms with Crippen LogP contribution in [0.4, 0.5) is 0 Å². The molecule has 0 fully saturated rings. The quantitative estimate of drug-likeness (QED) is 0.322. The summed E-state index contributed by atoms with van der Waals surface area (Å²) in [6.07, 6.45) is 1.10. The minimum atomic E-state index is 0. The van der Waals surface area contributed by atoms with Crippen LogP contribution >= 0.6 is 45.2 Å². The van der Waals surface area contributed by atoms with Gasteiger partial charge in [-0.2, -0.15) is 0 Å². The fourth-order valence-corrected chi connectivity index (χ4v) is 3.45. The maximum Gasteiger partial charge on any atom is 1.00 e. The number of hydrogen-bond donors (Lipinski definition) is 1. The molecule has 18 heavy (non-hydrogen) atoms. The number of hydrogen-bond acceptors (Lipinski definition) is 3. The standard InChI is InChI=1S/C12H18I2N2O.Na/c1-16(2)5-3-4-15-8-9-6-10(13)7-11(14)12(9)17;/h6-7,15,17H,3-5,8H2,1-2H3;/q;+1/p-1. The van der Waals surface area contributed by atoms with Crippen LogP contribution in [0.15, 0.2) is 12.1 Å². The summed E-state index contributed by atoms with van der Waals surface area (Å²) >= 11 is 4.35. The summed E-state index contributed by atoms with van der Waals surface area (Å²) in [6.45, 7) is 2.68. The van der Waals surface area contributed by atoms with E-state index < -0.39 is 0 Å². The van der Waals surface area contributed by atoms with Gasteiger partial charge in [0, 0.05) is 13.7 Å². The zero-order valence-electron chi connectivity index (χ0n) is 11.1. The molecule has 0 spiro atoms. The van der Waals surface area contributed by atoms with Gasteiger partial charge in [-0.25, -0.2) is 0 Å². The van der Waals surface area contributed by atoms with E-state index in [4.69, 9.17) is 0 Å². The van der Waals surface area contributed by atoms with E-state index in [0.29, 0.717) is 6.54 Å². The van der Waals surface area contributed by atoms with Crippen LogP contribution in [0.2, 0.25) is 0 Å². The topological polar surface area (TPSA) is 38.3 Å². The molecule has 0 saturated heterocycles. The molecule has 1 N–H and O–H groups in total. The second kappa shape index (κ2) is 10.2. The van der Waals surface area contributed by atoms with Gasteiger partial charge in [-0.1, -0.05) is 5.75 Å². The third kappa shape index (κ3) is 7.25. The molecule has 0 aromatic heterocycles. The average Bonchev–Trinajstić information content (AvgIpc) is 2.23. The molecule has 0 bridgehead atoms. The monoisotopic (exact) mass is 482 g/mol. The summed E-state index contributed by atoms with van der Waals surface area (Å²) in [7, 11) is 4.13. The summed E-state index contributed by atoms with van der Waals surface area (Å²) in [6, 6.07) is 3.88. The zero-order valence-corrected chi connectivity index (χ0v) is 17.4. The SMILES string of the molecule is CN(C)CCCNCc1cc(I)cc(I)c1[O-].[Na+]. The molecule has 0 aliphatic heterocycles. The van der Waals surface area contributed by atoms with E-state index in [-0.39, 0.29) is 35.3 Å². The van der Waals surface area contributed by atoms with Gasteiger partial charge in [0.15, 0.2) is 0 Å². The van der Waals surface area contributed by atoms with Crippen molar-refractivity contribution in [2.75, 3.05) is 27.2 Å². The first kappa shape index (κ1) is 19.4. The first-order chi connectivity index (χ1) is 8.00. The number of rotatable bonds is 6. The molecule has 0 unspecified atom stereocenters. The number of benzene rings is 1. The maximum absolute atomic E-state index is 11.8. The number of halogens is 2. The Balaban J connectivity index is 0.00000289. The predicted octanol–water partition coefficient (Wildman–Crippen LogP) is -0.985. The van der Waals surface area contributed by atoms with Crippen LogP contribution in [0.5, 0.6) is 5.75 Å². The summed E-state index contributed by atoms with van der Waals surface area (Å²) in [5, 5.41) is 15.2. The van der Waals surface area contributed by atoms with Gasteiger partial charge >= 0.3 is 29.6 Å². The zero-order chi connectivity index (χ0) is 12.8. The van der Waals surface area contributed by atoms with Crippen molar-refractivity contribution in [3.8, 4) is 5.75 Å². The van der Waals surface area contributed by atoms with E-state index >= 15 is 0 Å². The molecule has 0 saturated carbocycles. The van der Waals surface area contributed by atoms with Crippen molar-refractivity contribution in [3.05, 3.63) is 24.8 Å². The summed E-state index contributed by atoms with van der Waals surface area (Å²) in [5.74, 6) is 0.158. The van der Waals surface area contributed by atoms with Crippen molar-refractivity contribution in [3.63, 3.8) is 0 Å². The Kier molecular flexibility index (Phi) is 11.0. The molecule has 0 radical (unpaired) electrons. The van der Waals surface area contributed by atoms with E-state index in [1.54, 1.807) is 0 Å². The molecule has 0 aliphatic rings. The van der Waals surface area contributed by atoms with E-state index in [1.807, 2.05) is 12.1 Å². The van der Waals surface area contributed by atoms with Crippen molar-refractivity contribution in [1.29, 1.82) is 0 Å². The summed E-state index contributed by atoms with van der Waals surface area (Å²) < 4.78 is 1.93. The minimum Gasteiger partial charge on any atom is -0.872 e. The van der Waals surface area contributed by atoms with Crippen molar-refractivity contribution in [2.45, 2.75) is 13.0 Å². The molecule has 0 amide bonds. The van der Waals surface area contributed by atoms with Gasteiger partial charge in [0.2, 0.25) is 0 Å². The Morgan fingerprint density at radius 1 is 1.28 bits per heavy atom. The molecular formula is C12H17I2N2NaO. The summed E-state index contributed by atoms with van der Waals surface area (Å²) in [4.78, 5) is 2.16. The molecule has 0 aliphatic carbocycles. The Hall–Kier alpha value is 1.40. The van der Waals surface area contributed by atoms with E-state index in [0.717, 1.165) is 32.2 Å². The van der Waals surface area contributed by atoms with Crippen molar-refractivity contribution in [2.24, 2.45) is 0 Å². The number of nitrogens with one attached hydrogen (secondary N) is 1. The van der Waals surface area contributed by atoms with Gasteiger partial charge in [-0.3, -0.25) is 0 Å². The van der Waals surface area contributed by atoms with Crippen LogP contribution in [0.3, 0.4) is 0 Å². The third-order valence-electron chi connectivity index (χ3n) is 2.36. The van der Waals surface area contributed by atoms with Crippen LogP contribution < -0.4 is 40.0 Å². The Bertz CT molecular complexity index is 375. The second-order valence-corrected chi connectivity index (χ2v) is 6.62. The first-order valence-electron chi connectivity index (χ1n) is 5.51. The van der Waals surface area contributed by atoms with E-state index in [2.05, 4.69) is 69.5 Å². The minimum absolute atomic E-state index is 0. The predicted molar refractivity (Wildman–Crippen MR) is 86.2 cm³/mol. The van der Waals surface area contributed by atoms with Gasteiger partial charge < -0.3 is 15.3 Å². The maximum atomic E-state index is 11.8. The van der Waals surface area contributed by atoms with Crippen molar-refractivity contribution < 1.29 is 34.7 Å². The molecule has 6 heteroatoms. The molecule has 1 rings (SSSR count). The normalized spacial score (nSPS) is 10.5. The van der Waals surface area contributed by atoms with Crippen molar-refractivity contribution >= 4 is 45.2 Å². The first-order valence-corrected chi connectivity index (χ1v) is 7.67. The van der Waals surface area contributed by atoms with Crippen molar-refractivity contribution in [1.82, 2.24) is 10.2 Å². The van der Waals surface area contributed by atoms with Gasteiger partial charge in [-0.15, -0.1) is 0 Å². The van der Waals surface area contributed by atoms with E-state index in [9.17, 15) is 5.11 Å². The van der Waals surface area contributed by atoms with Crippen LogP contribution in [0.1, 0.15) is 12.0 Å². The molecule has 3 nitrogen and oxygen atoms in total. The largest absolute Gasteiger partial charge is 1.00 e. The molecule has 1 aromatic rings. The fourth-order valence-electron chi connectivity index (χ4n) is 1.49. The second-order valence-electron chi connectivity index (χ2n) is 4.21. The smallest absolute Gasteiger partial charge is 0.872 e. The molecule has 0 atom stereocenters. The molecule has 0 heterocycles. The van der Waals surface area contributed by atoms with Crippen LogP contribution in [0, 0.1) is 7.14 Å². The Morgan fingerprint density at radius 3 is 2.56 bits per heavy atom. The van der Waals surface area contributed by atoms with Gasteiger partial charge in [-0.05, 0) is 96.5 Å². The van der Waals surface area contributed by atoms with Gasteiger partial charge in [0.1, 0.15) is 0 Å². The van der Waals surface area contributed by atoms with Gasteiger partial charge in [0.05, 0.1) is 0 Å². The summed E-state index contributed by atoms with van der Waals surface area (Å²) in [5.41, 5.74) is 0.867. The average molecular weight is 482 g/mol. The molecule has 96 valence electrons. The van der Waals surface area contributed by atoms with E-state index in [1.165, 1.54) is 0 Å². The Morgan fingerprint density at radius 2 is 1.94 bits per heavy atom. The Labute approximate surface area is 159 Å². The molecule has 1 aromatic carbocycles. The number of nitrogens with zero attached hydrogens (tertiary/aromatic N) is 1. The van der Waals surface area contributed by atoms with Crippen LogP contribution in [-0.2, 0) is 6.54 Å². The third-order valence-corrected chi connectivity index (χ3v) is 3.78. The van der Waals surface area contributed by atoms with Crippen LogP contribution in [-0.4, -0.2) is 32.1 Å². The molecular weight excluding hydrogens is 465 g/mol. The van der Waals surface area contributed by atoms with Crippen LogP contribution in [0.25, 0.3) is 0 Å².